The molecule has 3 rings (SSSR count). The summed E-state index contributed by atoms with van der Waals surface area (Å²) in [6.07, 6.45) is 0. The van der Waals surface area contributed by atoms with Gasteiger partial charge in [0.15, 0.2) is 5.41 Å². The van der Waals surface area contributed by atoms with E-state index in [1.807, 2.05) is 18.2 Å². The summed E-state index contributed by atoms with van der Waals surface area (Å²) in [6.45, 7) is 0. The molecule has 0 fully saturated rings. The average molecular weight is 429 g/mol. The second-order valence-electron chi connectivity index (χ2n) is 7.25. The first-order valence-corrected chi connectivity index (χ1v) is 9.52. The van der Waals surface area contributed by atoms with Crippen LogP contribution in [0.4, 0.5) is 0 Å². The molecule has 0 saturated heterocycles. The molecule has 2 N–H and O–H groups in total. The average Bonchev–Trinajstić information content (AvgIpc) is 2.83. The highest BCUT2D eigenvalue weighted by molar-refractivity contribution is 5.55. The van der Waals surface area contributed by atoms with Crippen LogP contribution in [0.25, 0.3) is 0 Å². The summed E-state index contributed by atoms with van der Waals surface area (Å²) in [4.78, 5) is 11.9. The predicted molar refractivity (Wildman–Crippen MR) is 113 cm³/mol. The second kappa shape index (κ2) is 8.67. The van der Waals surface area contributed by atoms with E-state index in [9.17, 15) is 25.9 Å². The number of ether oxygens (including phenoxy) is 2. The van der Waals surface area contributed by atoms with E-state index in [4.69, 9.17) is 15.2 Å². The van der Waals surface area contributed by atoms with Crippen LogP contribution >= 0.6 is 0 Å². The van der Waals surface area contributed by atoms with Crippen molar-refractivity contribution >= 4 is 0 Å². The summed E-state index contributed by atoms with van der Waals surface area (Å²) in [5.74, 6) is -1.26. The molecule has 0 heterocycles. The number of nitrogens with zero attached hydrogens (tertiary/aromatic N) is 4. The largest absolute Gasteiger partial charge is 0.497 e. The summed E-state index contributed by atoms with van der Waals surface area (Å²) in [5.41, 5.74) is 4.55. The number of benzene rings is 2. The molecule has 9 heteroatoms. The van der Waals surface area contributed by atoms with Crippen molar-refractivity contribution in [2.75, 3.05) is 14.2 Å². The molecule has 0 bridgehead atoms. The van der Waals surface area contributed by atoms with E-state index in [0.717, 1.165) is 0 Å². The Labute approximate surface area is 184 Å². The quantitative estimate of drug-likeness (QED) is 0.561. The molecule has 0 radical (unpaired) electrons. The molecule has 2 aromatic rings. The van der Waals surface area contributed by atoms with E-state index in [2.05, 4.69) is 0 Å². The molecule has 0 aromatic heterocycles. The highest BCUT2D eigenvalue weighted by Crippen LogP contribution is 2.54. The van der Waals surface area contributed by atoms with Gasteiger partial charge in [0.05, 0.1) is 55.5 Å². The van der Waals surface area contributed by atoms with Gasteiger partial charge >= 0.3 is 0 Å². The zero-order valence-electron chi connectivity index (χ0n) is 17.4. The van der Waals surface area contributed by atoms with Gasteiger partial charge in [0, 0.05) is 4.92 Å². The minimum absolute atomic E-state index is 0.162. The predicted octanol–water partition coefficient (Wildman–Crippen LogP) is 3.00. The number of nitro groups is 1. The van der Waals surface area contributed by atoms with E-state index in [1.54, 1.807) is 48.5 Å². The Hall–Kier alpha value is -4.55. The molecule has 32 heavy (non-hydrogen) atoms. The number of methoxy groups -OCH3 is 2. The minimum atomic E-state index is -2.10. The Morgan fingerprint density at radius 2 is 1.41 bits per heavy atom. The lowest BCUT2D eigenvalue weighted by atomic mass is 9.58. The molecule has 2 aromatic carbocycles. The maximum absolute atomic E-state index is 12.4. The van der Waals surface area contributed by atoms with Gasteiger partial charge in [0.2, 0.25) is 6.04 Å². The lowest BCUT2D eigenvalue weighted by Crippen LogP contribution is -2.50. The first-order chi connectivity index (χ1) is 15.4. The van der Waals surface area contributed by atoms with Gasteiger partial charge in [0.25, 0.3) is 0 Å². The molecule has 3 unspecified atom stereocenters. The van der Waals surface area contributed by atoms with Crippen LogP contribution in [-0.4, -0.2) is 25.2 Å². The number of nitrogens with two attached hydrogens (primary N) is 1. The summed E-state index contributed by atoms with van der Waals surface area (Å²) in [7, 11) is 2.96. The van der Waals surface area contributed by atoms with Gasteiger partial charge in [-0.15, -0.1) is 0 Å². The van der Waals surface area contributed by atoms with Crippen LogP contribution in [0.3, 0.4) is 0 Å². The van der Waals surface area contributed by atoms with Crippen molar-refractivity contribution in [2.45, 2.75) is 17.9 Å². The molecule has 160 valence electrons. The van der Waals surface area contributed by atoms with E-state index < -0.39 is 28.2 Å². The first kappa shape index (κ1) is 22.1. The standard InChI is InChI=1S/C23H19N5O4/c1-31-16-7-3-14(4-8-16)19-18(11-24)22(27)23(12-25,13-26)20(21(19)28(29)30)15-5-9-17(32-2)10-6-15/h3-10,19-21H,27H2,1-2H3. The van der Waals surface area contributed by atoms with Crippen molar-refractivity contribution < 1.29 is 14.4 Å². The first-order valence-electron chi connectivity index (χ1n) is 9.52. The van der Waals surface area contributed by atoms with Gasteiger partial charge < -0.3 is 15.2 Å². The Morgan fingerprint density at radius 3 is 1.78 bits per heavy atom. The minimum Gasteiger partial charge on any atom is -0.497 e. The lowest BCUT2D eigenvalue weighted by molar-refractivity contribution is -0.532. The summed E-state index contributed by atoms with van der Waals surface area (Å²) >= 11 is 0. The number of hydrogen-bond donors (Lipinski definition) is 1. The third-order valence-electron chi connectivity index (χ3n) is 5.84. The van der Waals surface area contributed by atoms with Crippen LogP contribution in [0, 0.1) is 49.5 Å². The molecule has 0 saturated carbocycles. The third kappa shape index (κ3) is 3.34. The highest BCUT2D eigenvalue weighted by Gasteiger charge is 2.61. The zero-order chi connectivity index (χ0) is 23.5. The monoisotopic (exact) mass is 429 g/mol. The van der Waals surface area contributed by atoms with Crippen molar-refractivity contribution in [3.63, 3.8) is 0 Å². The van der Waals surface area contributed by atoms with Crippen molar-refractivity contribution in [1.29, 1.82) is 15.8 Å². The molecule has 0 aliphatic heterocycles. The molecule has 9 nitrogen and oxygen atoms in total. The smallest absolute Gasteiger partial charge is 0.234 e. The zero-order valence-corrected chi connectivity index (χ0v) is 17.4. The van der Waals surface area contributed by atoms with Gasteiger partial charge in [-0.05, 0) is 35.4 Å². The van der Waals surface area contributed by atoms with E-state index >= 15 is 0 Å². The molecular formula is C23H19N5O4. The van der Waals surface area contributed by atoms with Crippen molar-refractivity contribution in [3.05, 3.63) is 81.0 Å². The van der Waals surface area contributed by atoms with Gasteiger partial charge in [-0.1, -0.05) is 24.3 Å². The van der Waals surface area contributed by atoms with Crippen molar-refractivity contribution in [3.8, 4) is 29.7 Å². The van der Waals surface area contributed by atoms with Gasteiger partial charge in [0.1, 0.15) is 11.5 Å². The Bertz CT molecular complexity index is 1170. The van der Waals surface area contributed by atoms with Gasteiger partial charge in [-0.3, -0.25) is 10.1 Å². The molecule has 0 amide bonds. The second-order valence-corrected chi connectivity index (χ2v) is 7.25. The molecular weight excluding hydrogens is 410 g/mol. The van der Waals surface area contributed by atoms with E-state index in [0.29, 0.717) is 22.6 Å². The number of nitriles is 3. The van der Waals surface area contributed by atoms with Crippen LogP contribution in [0.1, 0.15) is 23.0 Å². The summed E-state index contributed by atoms with van der Waals surface area (Å²) in [5, 5.41) is 42.3. The van der Waals surface area contributed by atoms with Crippen molar-refractivity contribution in [1.82, 2.24) is 0 Å². The Kier molecular flexibility index (Phi) is 6.00. The lowest BCUT2D eigenvalue weighted by Gasteiger charge is -2.40. The van der Waals surface area contributed by atoms with Crippen LogP contribution < -0.4 is 15.2 Å². The fourth-order valence-corrected chi connectivity index (χ4v) is 4.26. The number of hydrogen-bond acceptors (Lipinski definition) is 8. The Balaban J connectivity index is 2.36. The topological polar surface area (TPSA) is 159 Å². The molecule has 0 spiro atoms. The SMILES string of the molecule is COc1ccc(C2C(C#N)=C(N)C(C#N)(C#N)C(c3ccc(OC)cc3)C2[N+](=O)[O-])cc1. The van der Waals surface area contributed by atoms with Gasteiger partial charge in [-0.25, -0.2) is 0 Å². The third-order valence-corrected chi connectivity index (χ3v) is 5.84. The number of allylic oxidation sites excluding steroid dienone is 1. The van der Waals surface area contributed by atoms with Gasteiger partial charge in [-0.2, -0.15) is 15.8 Å². The molecule has 1 aliphatic carbocycles. The molecule has 1 aliphatic rings. The fraction of sp³-hybridized carbons (Fsp3) is 0.261. The fourth-order valence-electron chi connectivity index (χ4n) is 4.26. The van der Waals surface area contributed by atoms with E-state index in [-0.39, 0.29) is 11.3 Å². The van der Waals surface area contributed by atoms with Crippen LogP contribution in [0.2, 0.25) is 0 Å². The Morgan fingerprint density at radius 1 is 0.938 bits per heavy atom. The normalized spacial score (nSPS) is 21.5. The maximum Gasteiger partial charge on any atom is 0.234 e. The van der Waals surface area contributed by atoms with Crippen molar-refractivity contribution in [2.24, 2.45) is 11.1 Å². The molecule has 3 atom stereocenters. The van der Waals surface area contributed by atoms with Crippen LogP contribution in [0.5, 0.6) is 11.5 Å². The van der Waals surface area contributed by atoms with E-state index in [1.165, 1.54) is 14.2 Å². The van der Waals surface area contributed by atoms with Crippen LogP contribution in [-0.2, 0) is 0 Å². The highest BCUT2D eigenvalue weighted by atomic mass is 16.6. The van der Waals surface area contributed by atoms with Crippen LogP contribution in [0.15, 0.2) is 59.8 Å². The maximum atomic E-state index is 12.4. The summed E-state index contributed by atoms with van der Waals surface area (Å²) in [6, 6.07) is 17.0. The summed E-state index contributed by atoms with van der Waals surface area (Å²) < 4.78 is 10.3. The number of rotatable bonds is 5.